The van der Waals surface area contributed by atoms with Crippen molar-refractivity contribution in [2.45, 2.75) is 46.1 Å². The molecule has 0 spiro atoms. The van der Waals surface area contributed by atoms with E-state index in [-0.39, 0.29) is 24.2 Å². The van der Waals surface area contributed by atoms with Gasteiger partial charge in [-0.25, -0.2) is 9.48 Å². The molecular weight excluding hydrogens is 462 g/mol. The number of hydrogen-bond acceptors (Lipinski definition) is 4. The zero-order chi connectivity index (χ0) is 25.9. The lowest BCUT2D eigenvalue weighted by atomic mass is 9.87. The second kappa shape index (κ2) is 10.4. The molecule has 1 aliphatic rings. The van der Waals surface area contributed by atoms with E-state index < -0.39 is 5.97 Å². The van der Waals surface area contributed by atoms with Crippen molar-refractivity contribution in [1.29, 1.82) is 0 Å². The maximum Gasteiger partial charge on any atom is 0.358 e. The van der Waals surface area contributed by atoms with Gasteiger partial charge in [-0.15, -0.1) is 0 Å². The molecule has 0 saturated heterocycles. The van der Waals surface area contributed by atoms with Crippen LogP contribution in [-0.4, -0.2) is 28.3 Å². The Morgan fingerprint density at radius 2 is 1.78 bits per heavy atom. The van der Waals surface area contributed by atoms with Gasteiger partial charge in [0, 0.05) is 11.1 Å². The van der Waals surface area contributed by atoms with E-state index in [0.717, 1.165) is 41.8 Å². The first-order valence-corrected chi connectivity index (χ1v) is 12.8. The average molecular weight is 494 g/mol. The average Bonchev–Trinajstić information content (AvgIpc) is 3.36. The fourth-order valence-electron chi connectivity index (χ4n) is 4.89. The van der Waals surface area contributed by atoms with E-state index in [4.69, 9.17) is 4.74 Å². The zero-order valence-electron chi connectivity index (χ0n) is 21.5. The quantitative estimate of drug-likeness (QED) is 0.328. The van der Waals surface area contributed by atoms with Crippen LogP contribution in [0.2, 0.25) is 0 Å². The fourth-order valence-corrected chi connectivity index (χ4v) is 4.89. The van der Waals surface area contributed by atoms with E-state index in [1.807, 2.05) is 24.3 Å². The normalized spacial score (nSPS) is 14.6. The van der Waals surface area contributed by atoms with Gasteiger partial charge in [0.1, 0.15) is 0 Å². The van der Waals surface area contributed by atoms with Gasteiger partial charge >= 0.3 is 5.97 Å². The summed E-state index contributed by atoms with van der Waals surface area (Å²) in [4.78, 5) is 25.6. The lowest BCUT2D eigenvalue weighted by Gasteiger charge is -2.26. The van der Waals surface area contributed by atoms with E-state index in [0.29, 0.717) is 5.56 Å². The molecule has 0 aliphatic heterocycles. The van der Waals surface area contributed by atoms with Gasteiger partial charge in [0.2, 0.25) is 0 Å². The van der Waals surface area contributed by atoms with Crippen molar-refractivity contribution in [3.05, 3.63) is 106 Å². The molecule has 1 N–H and O–H groups in total. The van der Waals surface area contributed by atoms with Gasteiger partial charge in [0.15, 0.2) is 5.69 Å². The molecule has 6 nitrogen and oxygen atoms in total. The molecule has 0 saturated carbocycles. The highest BCUT2D eigenvalue weighted by Gasteiger charge is 2.22. The Morgan fingerprint density at radius 3 is 2.54 bits per heavy atom. The van der Waals surface area contributed by atoms with E-state index in [2.05, 4.69) is 54.6 Å². The Bertz CT molecular complexity index is 1450. The van der Waals surface area contributed by atoms with Crippen molar-refractivity contribution in [2.24, 2.45) is 0 Å². The maximum atomic E-state index is 13.1. The lowest BCUT2D eigenvalue weighted by Crippen LogP contribution is -2.30. The third-order valence-electron chi connectivity index (χ3n) is 7.05. The first-order valence-electron chi connectivity index (χ1n) is 12.8. The number of nitrogens with zero attached hydrogens (tertiary/aromatic N) is 2. The smallest absolute Gasteiger partial charge is 0.358 e. The summed E-state index contributed by atoms with van der Waals surface area (Å²) in [6.07, 6.45) is 3.05. The molecule has 37 heavy (non-hydrogen) atoms. The molecule has 0 fully saturated rings. The van der Waals surface area contributed by atoms with Crippen LogP contribution in [0.1, 0.15) is 68.9 Å². The summed E-state index contributed by atoms with van der Waals surface area (Å²) in [5.74, 6) is -0.564. The van der Waals surface area contributed by atoms with E-state index in [9.17, 15) is 9.59 Å². The first-order chi connectivity index (χ1) is 17.9. The summed E-state index contributed by atoms with van der Waals surface area (Å²) in [5, 5.41) is 7.77. The largest absolute Gasteiger partial charge is 0.461 e. The summed E-state index contributed by atoms with van der Waals surface area (Å²) in [5.41, 5.74) is 8.17. The minimum atomic E-state index is -0.463. The maximum absolute atomic E-state index is 13.1. The monoisotopic (exact) mass is 493 g/mol. The number of nitrogens with one attached hydrogen (secondary N) is 1. The molecule has 0 radical (unpaired) electrons. The second-order valence-electron chi connectivity index (χ2n) is 9.51. The van der Waals surface area contributed by atoms with Gasteiger partial charge in [0.25, 0.3) is 5.91 Å². The van der Waals surface area contributed by atoms with Crippen molar-refractivity contribution in [2.75, 3.05) is 6.61 Å². The van der Waals surface area contributed by atoms with E-state index >= 15 is 0 Å². The van der Waals surface area contributed by atoms with Crippen LogP contribution in [0.15, 0.2) is 72.8 Å². The van der Waals surface area contributed by atoms with Crippen molar-refractivity contribution in [1.82, 2.24) is 15.1 Å². The molecule has 188 valence electrons. The van der Waals surface area contributed by atoms with Crippen LogP contribution in [0.25, 0.3) is 16.9 Å². The highest BCUT2D eigenvalue weighted by Crippen LogP contribution is 2.30. The van der Waals surface area contributed by atoms with Crippen molar-refractivity contribution < 1.29 is 14.3 Å². The molecule has 5 rings (SSSR count). The Labute approximate surface area is 217 Å². The summed E-state index contributed by atoms with van der Waals surface area (Å²) in [7, 11) is 0. The van der Waals surface area contributed by atoms with Gasteiger partial charge in [-0.2, -0.15) is 5.10 Å². The Hall–Kier alpha value is -4.19. The predicted octanol–water partition coefficient (Wildman–Crippen LogP) is 6.14. The highest BCUT2D eigenvalue weighted by molar-refractivity contribution is 5.94. The predicted molar refractivity (Wildman–Crippen MR) is 144 cm³/mol. The molecule has 1 amide bonds. The van der Waals surface area contributed by atoms with Crippen LogP contribution >= 0.6 is 0 Å². The zero-order valence-corrected chi connectivity index (χ0v) is 21.5. The molecule has 1 aliphatic carbocycles. The van der Waals surface area contributed by atoms with E-state index in [1.165, 1.54) is 16.7 Å². The number of benzene rings is 3. The Balaban J connectivity index is 1.43. The van der Waals surface area contributed by atoms with Gasteiger partial charge in [-0.05, 0) is 98.7 Å². The minimum absolute atomic E-state index is 0.0201. The Morgan fingerprint density at radius 1 is 1.00 bits per heavy atom. The van der Waals surface area contributed by atoms with Gasteiger partial charge in [-0.1, -0.05) is 36.4 Å². The van der Waals surface area contributed by atoms with Crippen molar-refractivity contribution in [3.8, 4) is 16.9 Å². The van der Waals surface area contributed by atoms with Crippen LogP contribution in [0.4, 0.5) is 0 Å². The number of fused-ring (bicyclic) bond motifs is 1. The Kier molecular flexibility index (Phi) is 6.91. The molecular formula is C31H31N3O3. The number of carbonyl (C=O) groups is 2. The second-order valence-corrected chi connectivity index (χ2v) is 9.51. The summed E-state index contributed by atoms with van der Waals surface area (Å²) >= 11 is 0. The molecule has 1 heterocycles. The number of carbonyl (C=O) groups excluding carboxylic acids is 2. The fraction of sp³-hybridized carbons (Fsp3) is 0.258. The van der Waals surface area contributed by atoms with Crippen LogP contribution in [0.3, 0.4) is 0 Å². The molecule has 1 aromatic heterocycles. The van der Waals surface area contributed by atoms with Crippen molar-refractivity contribution in [3.63, 3.8) is 0 Å². The number of ether oxygens (including phenoxy) is 1. The SMILES string of the molecule is CCOC(=O)c1cc(-c2ccc(C)c(C)c2)n(-c2ccc(C(=O)N[C@@H]3CCCc4ccccc43)cc2)n1. The van der Waals surface area contributed by atoms with Gasteiger partial charge in [0.05, 0.1) is 24.0 Å². The number of aryl methyl sites for hydroxylation is 3. The molecule has 3 aromatic carbocycles. The number of aromatic nitrogens is 2. The standard InChI is InChI=1S/C31H31N3O3/c1-4-37-31(36)28-19-29(24-13-12-20(2)21(3)18-24)34(33-28)25-16-14-23(15-17-25)30(35)32-27-11-7-9-22-8-5-6-10-26(22)27/h5-6,8,10,12-19,27H,4,7,9,11H2,1-3H3,(H,32,35)/t27-/m1/s1. The first kappa shape index (κ1) is 24.5. The van der Waals surface area contributed by atoms with Gasteiger partial charge in [-0.3, -0.25) is 4.79 Å². The minimum Gasteiger partial charge on any atom is -0.461 e. The van der Waals surface area contributed by atoms with Crippen LogP contribution in [0, 0.1) is 13.8 Å². The summed E-state index contributed by atoms with van der Waals surface area (Å²) in [6, 6.07) is 23.6. The van der Waals surface area contributed by atoms with Crippen molar-refractivity contribution >= 4 is 11.9 Å². The van der Waals surface area contributed by atoms with Gasteiger partial charge < -0.3 is 10.1 Å². The summed E-state index contributed by atoms with van der Waals surface area (Å²) < 4.78 is 6.92. The molecule has 6 heteroatoms. The van der Waals surface area contributed by atoms with Crippen LogP contribution in [0.5, 0.6) is 0 Å². The molecule has 0 unspecified atom stereocenters. The number of hydrogen-bond donors (Lipinski definition) is 1. The number of esters is 1. The lowest BCUT2D eigenvalue weighted by molar-refractivity contribution is 0.0518. The third-order valence-corrected chi connectivity index (χ3v) is 7.05. The number of rotatable bonds is 6. The molecule has 1 atom stereocenters. The number of amides is 1. The third kappa shape index (κ3) is 5.05. The van der Waals surface area contributed by atoms with E-state index in [1.54, 1.807) is 29.8 Å². The summed E-state index contributed by atoms with van der Waals surface area (Å²) in [6.45, 7) is 6.18. The van der Waals surface area contributed by atoms with Crippen LogP contribution in [-0.2, 0) is 11.2 Å². The molecule has 4 aromatic rings. The topological polar surface area (TPSA) is 73.2 Å². The molecule has 0 bridgehead atoms. The van der Waals surface area contributed by atoms with Crippen LogP contribution < -0.4 is 5.32 Å². The highest BCUT2D eigenvalue weighted by atomic mass is 16.5.